The predicted molar refractivity (Wildman–Crippen MR) is 53.3 cm³/mol. The van der Waals surface area contributed by atoms with E-state index in [2.05, 4.69) is 0 Å². The van der Waals surface area contributed by atoms with Gasteiger partial charge in [-0.2, -0.15) is 8.42 Å². The molecule has 2 N–H and O–H groups in total. The molecule has 2 unspecified atom stereocenters. The zero-order chi connectivity index (χ0) is 13.2. The number of aliphatic carboxylic acids is 1. The number of amides is 1. The van der Waals surface area contributed by atoms with Crippen molar-refractivity contribution in [1.29, 1.82) is 0 Å². The monoisotopic (exact) mass is 269 g/mol. The number of carbonyl (C=O) groups is 2. The van der Waals surface area contributed by atoms with Gasteiger partial charge < -0.3 is 15.1 Å². The molecule has 98 valence electrons. The van der Waals surface area contributed by atoms with E-state index in [-0.39, 0.29) is 13.1 Å². The maximum Gasteiger partial charge on any atom is 0.307 e. The van der Waals surface area contributed by atoms with Gasteiger partial charge in [0.1, 0.15) is 5.25 Å². The molecule has 0 spiro atoms. The number of likely N-dealkylation sites (tertiary alicyclic amines) is 1. The molecule has 9 heteroatoms. The smallest absolute Gasteiger partial charge is 0.307 e. The normalized spacial score (nSPS) is 22.8. The Kier molecular flexibility index (Phi) is 4.04. The molecule has 2 atom stereocenters. The minimum absolute atomic E-state index is 0.308. The molecule has 0 radical (unpaired) electrons. The minimum Gasteiger partial charge on any atom is -0.481 e. The third-order valence-electron chi connectivity index (χ3n) is 2.42. The van der Waals surface area contributed by atoms with Crippen LogP contribution in [0.25, 0.3) is 0 Å². The Morgan fingerprint density at radius 1 is 1.59 bits per heavy atom. The first-order valence-electron chi connectivity index (χ1n) is 4.81. The summed E-state index contributed by atoms with van der Waals surface area (Å²) in [4.78, 5) is 22.5. The summed E-state index contributed by atoms with van der Waals surface area (Å²) >= 11 is 0. The number of nitrogens with zero attached hydrogens (tertiary/aromatic N) is 1. The van der Waals surface area contributed by atoms with E-state index in [4.69, 9.17) is 5.11 Å². The van der Waals surface area contributed by atoms with Crippen molar-refractivity contribution in [3.05, 3.63) is 0 Å². The van der Waals surface area contributed by atoms with Gasteiger partial charge in [-0.15, -0.1) is 3.89 Å². The third kappa shape index (κ3) is 3.93. The zero-order valence-electron chi connectivity index (χ0n) is 8.74. The standard InChI is InChI=1S/C8H12FNO6S/c9-17(15,16)6-2-7(12)10(4-6)3-5(11)1-8(13)14/h5-6,11H,1-4H2,(H,13,14). The van der Waals surface area contributed by atoms with Crippen LogP contribution in [0.2, 0.25) is 0 Å². The van der Waals surface area contributed by atoms with Crippen molar-refractivity contribution in [1.82, 2.24) is 4.90 Å². The second-order valence-corrected chi connectivity index (χ2v) is 5.47. The molecule has 1 heterocycles. The van der Waals surface area contributed by atoms with Crippen molar-refractivity contribution in [2.75, 3.05) is 13.1 Å². The van der Waals surface area contributed by atoms with E-state index in [0.717, 1.165) is 4.90 Å². The van der Waals surface area contributed by atoms with Crippen LogP contribution in [-0.2, 0) is 19.8 Å². The number of carboxylic acids is 1. The molecule has 1 fully saturated rings. The Morgan fingerprint density at radius 3 is 2.59 bits per heavy atom. The Bertz CT molecular complexity index is 422. The lowest BCUT2D eigenvalue weighted by atomic mass is 10.2. The number of carbonyl (C=O) groups excluding carboxylic acids is 1. The molecule has 1 amide bonds. The fourth-order valence-corrected chi connectivity index (χ4v) is 2.32. The highest BCUT2D eigenvalue weighted by Gasteiger charge is 2.38. The number of aliphatic hydroxyl groups excluding tert-OH is 1. The molecule has 17 heavy (non-hydrogen) atoms. The zero-order valence-corrected chi connectivity index (χ0v) is 9.56. The number of carboxylic acid groups (broad SMARTS) is 1. The fourth-order valence-electron chi connectivity index (χ4n) is 1.62. The van der Waals surface area contributed by atoms with Gasteiger partial charge in [0.25, 0.3) is 0 Å². The summed E-state index contributed by atoms with van der Waals surface area (Å²) in [7, 11) is -4.79. The van der Waals surface area contributed by atoms with Crippen LogP contribution in [-0.4, -0.2) is 59.9 Å². The highest BCUT2D eigenvalue weighted by molar-refractivity contribution is 7.87. The van der Waals surface area contributed by atoms with Crippen LogP contribution in [0.3, 0.4) is 0 Å². The van der Waals surface area contributed by atoms with Crippen molar-refractivity contribution in [2.45, 2.75) is 24.2 Å². The van der Waals surface area contributed by atoms with Crippen LogP contribution in [0.5, 0.6) is 0 Å². The predicted octanol–water partition coefficient (Wildman–Crippen LogP) is -1.28. The molecule has 7 nitrogen and oxygen atoms in total. The van der Waals surface area contributed by atoms with Gasteiger partial charge in [-0.1, -0.05) is 0 Å². The second-order valence-electron chi connectivity index (χ2n) is 3.85. The van der Waals surface area contributed by atoms with Gasteiger partial charge in [0.2, 0.25) is 5.91 Å². The number of β-amino-alcohol motifs (C(OH)–C–C–N with tert-alkyl or cyclic N) is 1. The number of halogens is 1. The van der Waals surface area contributed by atoms with E-state index in [1.54, 1.807) is 0 Å². The molecule has 0 aromatic heterocycles. The second kappa shape index (κ2) is 4.96. The first kappa shape index (κ1) is 13.8. The fraction of sp³-hybridized carbons (Fsp3) is 0.750. The maximum atomic E-state index is 12.6. The molecule has 1 aliphatic heterocycles. The Morgan fingerprint density at radius 2 is 2.18 bits per heavy atom. The summed E-state index contributed by atoms with van der Waals surface area (Å²) in [6.45, 7) is -0.661. The largest absolute Gasteiger partial charge is 0.481 e. The summed E-state index contributed by atoms with van der Waals surface area (Å²) in [6.07, 6.45) is -2.33. The van der Waals surface area contributed by atoms with Gasteiger partial charge in [0, 0.05) is 19.5 Å². The summed E-state index contributed by atoms with van der Waals surface area (Å²) in [5.74, 6) is -1.85. The van der Waals surface area contributed by atoms with Crippen LogP contribution in [0.15, 0.2) is 0 Å². The lowest BCUT2D eigenvalue weighted by Gasteiger charge is -2.18. The average molecular weight is 269 g/mol. The number of aliphatic hydroxyl groups is 1. The van der Waals surface area contributed by atoms with E-state index in [1.165, 1.54) is 0 Å². The lowest BCUT2D eigenvalue weighted by Crippen LogP contribution is -2.35. The van der Waals surface area contributed by atoms with Crippen molar-refractivity contribution >= 4 is 22.1 Å². The van der Waals surface area contributed by atoms with Gasteiger partial charge >= 0.3 is 16.2 Å². The maximum absolute atomic E-state index is 12.6. The highest BCUT2D eigenvalue weighted by atomic mass is 32.3. The van der Waals surface area contributed by atoms with Gasteiger partial charge in [0.15, 0.2) is 0 Å². The molecule has 0 aromatic carbocycles. The minimum atomic E-state index is -4.79. The summed E-state index contributed by atoms with van der Waals surface area (Å²) in [5.41, 5.74) is 0. The van der Waals surface area contributed by atoms with Crippen LogP contribution in [0, 0.1) is 0 Å². The lowest BCUT2D eigenvalue weighted by molar-refractivity contribution is -0.140. The van der Waals surface area contributed by atoms with Gasteiger partial charge in [-0.05, 0) is 0 Å². The molecule has 0 aromatic rings. The summed E-state index contributed by atoms with van der Waals surface area (Å²) in [6, 6.07) is 0. The van der Waals surface area contributed by atoms with Gasteiger partial charge in [-0.25, -0.2) is 0 Å². The average Bonchev–Trinajstić information content (AvgIpc) is 2.45. The Labute approximate surface area is 97.0 Å². The molecular formula is C8H12FNO6S. The summed E-state index contributed by atoms with van der Waals surface area (Å²) in [5, 5.41) is 16.2. The third-order valence-corrected chi connectivity index (χ3v) is 3.53. The molecule has 0 saturated carbocycles. The van der Waals surface area contributed by atoms with E-state index < -0.39 is 46.3 Å². The van der Waals surface area contributed by atoms with Crippen LogP contribution in [0.4, 0.5) is 3.89 Å². The van der Waals surface area contributed by atoms with Gasteiger partial charge in [-0.3, -0.25) is 9.59 Å². The van der Waals surface area contributed by atoms with Crippen LogP contribution >= 0.6 is 0 Å². The quantitative estimate of drug-likeness (QED) is 0.601. The Balaban J connectivity index is 2.57. The molecule has 1 saturated heterocycles. The highest BCUT2D eigenvalue weighted by Crippen LogP contribution is 2.20. The van der Waals surface area contributed by atoms with Crippen LogP contribution < -0.4 is 0 Å². The molecule has 1 aliphatic rings. The molecule has 0 aliphatic carbocycles. The van der Waals surface area contributed by atoms with E-state index >= 15 is 0 Å². The van der Waals surface area contributed by atoms with Gasteiger partial charge in [0.05, 0.1) is 12.5 Å². The molecular weight excluding hydrogens is 257 g/mol. The Hall–Kier alpha value is -1.22. The molecule has 0 bridgehead atoms. The topological polar surface area (TPSA) is 112 Å². The number of hydrogen-bond acceptors (Lipinski definition) is 5. The SMILES string of the molecule is O=C(O)CC(O)CN1CC(S(=O)(=O)F)CC1=O. The number of rotatable bonds is 5. The summed E-state index contributed by atoms with van der Waals surface area (Å²) < 4.78 is 33.8. The first-order valence-corrected chi connectivity index (χ1v) is 6.26. The van der Waals surface area contributed by atoms with Crippen molar-refractivity contribution in [3.8, 4) is 0 Å². The number of hydrogen-bond donors (Lipinski definition) is 2. The van der Waals surface area contributed by atoms with E-state index in [0.29, 0.717) is 0 Å². The van der Waals surface area contributed by atoms with Crippen LogP contribution in [0.1, 0.15) is 12.8 Å². The van der Waals surface area contributed by atoms with E-state index in [1.807, 2.05) is 0 Å². The van der Waals surface area contributed by atoms with Crippen molar-refractivity contribution in [3.63, 3.8) is 0 Å². The molecule has 1 rings (SSSR count). The first-order chi connectivity index (χ1) is 7.70. The van der Waals surface area contributed by atoms with Crippen molar-refractivity contribution < 1.29 is 32.1 Å². The van der Waals surface area contributed by atoms with E-state index in [9.17, 15) is 27.0 Å². The van der Waals surface area contributed by atoms with Crippen molar-refractivity contribution in [2.24, 2.45) is 0 Å².